The van der Waals surface area contributed by atoms with Crippen molar-refractivity contribution in [3.63, 3.8) is 0 Å². The number of carbonyl (C=O) groups is 1. The molecule has 1 fully saturated rings. The number of nitrogens with zero attached hydrogens (tertiary/aromatic N) is 1. The zero-order valence-electron chi connectivity index (χ0n) is 9.86. The van der Waals surface area contributed by atoms with Gasteiger partial charge < -0.3 is 14.7 Å². The lowest BCUT2D eigenvalue weighted by molar-refractivity contribution is -0.876. The first kappa shape index (κ1) is 12.5. The molecule has 0 aromatic rings. The van der Waals surface area contributed by atoms with Crippen molar-refractivity contribution < 1.29 is 19.5 Å². The summed E-state index contributed by atoms with van der Waals surface area (Å²) in [6, 6.07) is 0. The highest BCUT2D eigenvalue weighted by molar-refractivity contribution is 5.77. The van der Waals surface area contributed by atoms with Crippen LogP contribution in [0.3, 0.4) is 0 Å². The Kier molecular flexibility index (Phi) is 3.41. The number of aliphatic carboxylic acids is 1. The van der Waals surface area contributed by atoms with E-state index in [9.17, 15) is 15.0 Å². The van der Waals surface area contributed by atoms with Crippen LogP contribution in [0.25, 0.3) is 0 Å². The van der Waals surface area contributed by atoms with Crippen LogP contribution in [0.15, 0.2) is 0 Å². The largest absolute Gasteiger partial charge is 0.479 e. The van der Waals surface area contributed by atoms with Gasteiger partial charge in [0.05, 0.1) is 21.1 Å². The summed E-state index contributed by atoms with van der Waals surface area (Å²) >= 11 is 0. The van der Waals surface area contributed by atoms with E-state index in [0.717, 1.165) is 25.7 Å². The summed E-state index contributed by atoms with van der Waals surface area (Å²) in [6.07, 6.45) is 3.75. The molecule has 0 radical (unpaired) electrons. The molecule has 1 atom stereocenters. The van der Waals surface area contributed by atoms with Crippen molar-refractivity contribution in [2.24, 2.45) is 5.92 Å². The molecule has 1 aliphatic rings. The molecule has 1 aliphatic carbocycles. The highest BCUT2D eigenvalue weighted by Crippen LogP contribution is 2.35. The number of hydrogen-bond acceptors (Lipinski definition) is 2. The van der Waals surface area contributed by atoms with Gasteiger partial charge in [-0.1, -0.05) is 12.8 Å². The van der Waals surface area contributed by atoms with Crippen LogP contribution in [0, 0.1) is 5.92 Å². The molecule has 0 bridgehead atoms. The first-order valence-corrected chi connectivity index (χ1v) is 5.52. The zero-order chi connectivity index (χ0) is 11.7. The Morgan fingerprint density at radius 2 is 1.80 bits per heavy atom. The minimum Gasteiger partial charge on any atom is -0.479 e. The van der Waals surface area contributed by atoms with Crippen molar-refractivity contribution in [2.45, 2.75) is 31.3 Å². The van der Waals surface area contributed by atoms with Gasteiger partial charge in [-0.2, -0.15) is 0 Å². The number of aliphatic hydroxyl groups is 1. The van der Waals surface area contributed by atoms with Gasteiger partial charge in [0.1, 0.15) is 6.54 Å². The third-order valence-electron chi connectivity index (χ3n) is 3.12. The fourth-order valence-electron chi connectivity index (χ4n) is 2.50. The Bertz CT molecular complexity index is 241. The fraction of sp³-hybridized carbons (Fsp3) is 0.909. The van der Waals surface area contributed by atoms with Crippen LogP contribution >= 0.6 is 0 Å². The van der Waals surface area contributed by atoms with Crippen molar-refractivity contribution in [1.29, 1.82) is 0 Å². The van der Waals surface area contributed by atoms with E-state index in [1.807, 2.05) is 21.1 Å². The molecule has 1 rings (SSSR count). The lowest BCUT2D eigenvalue weighted by Crippen LogP contribution is -2.57. The standard InChI is InChI=1S/C11H21NO3/c1-12(2,3)8-11(15,10(13)14)9-6-4-5-7-9/h9,15H,4-8H2,1-3H3/p+1. The van der Waals surface area contributed by atoms with Gasteiger partial charge in [0, 0.05) is 5.92 Å². The summed E-state index contributed by atoms with van der Waals surface area (Å²) in [5, 5.41) is 19.5. The van der Waals surface area contributed by atoms with Gasteiger partial charge in [0.15, 0.2) is 0 Å². The average Bonchev–Trinajstić information content (AvgIpc) is 2.51. The predicted molar refractivity (Wildman–Crippen MR) is 57.4 cm³/mol. The minimum atomic E-state index is -1.55. The number of carboxylic acid groups (broad SMARTS) is 1. The summed E-state index contributed by atoms with van der Waals surface area (Å²) in [6.45, 7) is 0.271. The van der Waals surface area contributed by atoms with E-state index < -0.39 is 11.6 Å². The summed E-state index contributed by atoms with van der Waals surface area (Å²) in [4.78, 5) is 11.2. The predicted octanol–water partition coefficient (Wildman–Crippen LogP) is 0.698. The van der Waals surface area contributed by atoms with E-state index in [2.05, 4.69) is 0 Å². The molecule has 2 N–H and O–H groups in total. The number of hydrogen-bond donors (Lipinski definition) is 2. The zero-order valence-corrected chi connectivity index (χ0v) is 9.86. The van der Waals surface area contributed by atoms with Crippen LogP contribution in [0.4, 0.5) is 0 Å². The number of likely N-dealkylation sites (N-methyl/N-ethyl adjacent to an activating group) is 1. The SMILES string of the molecule is C[N+](C)(C)CC(O)(C(=O)O)C1CCCC1. The Morgan fingerprint density at radius 1 is 1.33 bits per heavy atom. The van der Waals surface area contributed by atoms with E-state index in [4.69, 9.17) is 0 Å². The molecule has 0 saturated heterocycles. The molecule has 4 heteroatoms. The molecule has 4 nitrogen and oxygen atoms in total. The molecule has 0 aliphatic heterocycles. The lowest BCUT2D eigenvalue weighted by atomic mass is 9.85. The monoisotopic (exact) mass is 216 g/mol. The number of rotatable bonds is 4. The molecule has 0 amide bonds. The fourth-order valence-corrected chi connectivity index (χ4v) is 2.50. The number of quaternary nitrogens is 1. The van der Waals surface area contributed by atoms with E-state index in [1.54, 1.807) is 0 Å². The molecule has 1 unspecified atom stereocenters. The Morgan fingerprint density at radius 3 is 2.13 bits per heavy atom. The van der Waals surface area contributed by atoms with E-state index in [1.165, 1.54) is 0 Å². The molecule has 1 saturated carbocycles. The average molecular weight is 216 g/mol. The van der Waals surface area contributed by atoms with Gasteiger partial charge in [0.25, 0.3) is 0 Å². The molecule has 88 valence electrons. The second kappa shape index (κ2) is 4.10. The third-order valence-corrected chi connectivity index (χ3v) is 3.12. The Hall–Kier alpha value is -0.610. The van der Waals surface area contributed by atoms with Crippen LogP contribution in [0.5, 0.6) is 0 Å². The molecular formula is C11H22NO3+. The lowest BCUT2D eigenvalue weighted by Gasteiger charge is -2.36. The summed E-state index contributed by atoms with van der Waals surface area (Å²) < 4.78 is 0.472. The topological polar surface area (TPSA) is 57.5 Å². The van der Waals surface area contributed by atoms with Crippen molar-refractivity contribution in [1.82, 2.24) is 0 Å². The van der Waals surface area contributed by atoms with Gasteiger partial charge in [-0.05, 0) is 12.8 Å². The van der Waals surface area contributed by atoms with Gasteiger partial charge >= 0.3 is 5.97 Å². The molecule has 0 aromatic carbocycles. The van der Waals surface area contributed by atoms with Gasteiger partial charge in [-0.3, -0.25) is 0 Å². The maximum absolute atomic E-state index is 11.2. The van der Waals surface area contributed by atoms with Crippen molar-refractivity contribution >= 4 is 5.97 Å². The third kappa shape index (κ3) is 2.92. The van der Waals surface area contributed by atoms with Crippen molar-refractivity contribution in [3.8, 4) is 0 Å². The smallest absolute Gasteiger partial charge is 0.342 e. The molecule has 0 aromatic heterocycles. The Labute approximate surface area is 91.1 Å². The van der Waals surface area contributed by atoms with E-state index in [0.29, 0.717) is 4.48 Å². The van der Waals surface area contributed by atoms with E-state index in [-0.39, 0.29) is 12.5 Å². The highest BCUT2D eigenvalue weighted by Gasteiger charge is 2.49. The summed E-state index contributed by atoms with van der Waals surface area (Å²) in [5.74, 6) is -1.14. The van der Waals surface area contributed by atoms with E-state index >= 15 is 0 Å². The maximum Gasteiger partial charge on any atom is 0.342 e. The minimum absolute atomic E-state index is 0.0765. The second-order valence-electron chi connectivity index (χ2n) is 5.66. The first-order chi connectivity index (χ1) is 6.76. The number of carboxylic acids is 1. The second-order valence-corrected chi connectivity index (χ2v) is 5.66. The molecule has 0 heterocycles. The first-order valence-electron chi connectivity index (χ1n) is 5.52. The van der Waals surface area contributed by atoms with Gasteiger partial charge in [0.2, 0.25) is 5.60 Å². The molecule has 15 heavy (non-hydrogen) atoms. The van der Waals surface area contributed by atoms with Crippen LogP contribution in [0.1, 0.15) is 25.7 Å². The van der Waals surface area contributed by atoms with Gasteiger partial charge in [-0.25, -0.2) is 4.79 Å². The maximum atomic E-state index is 11.2. The quantitative estimate of drug-likeness (QED) is 0.680. The highest BCUT2D eigenvalue weighted by atomic mass is 16.4. The van der Waals surface area contributed by atoms with Crippen molar-refractivity contribution in [3.05, 3.63) is 0 Å². The Balaban J connectivity index is 2.82. The summed E-state index contributed by atoms with van der Waals surface area (Å²) in [5.41, 5.74) is -1.55. The van der Waals surface area contributed by atoms with Crippen LogP contribution < -0.4 is 0 Å². The van der Waals surface area contributed by atoms with Crippen LogP contribution in [-0.2, 0) is 4.79 Å². The normalized spacial score (nSPS) is 22.7. The molecular weight excluding hydrogens is 194 g/mol. The summed E-state index contributed by atoms with van der Waals surface area (Å²) in [7, 11) is 5.72. The van der Waals surface area contributed by atoms with Crippen molar-refractivity contribution in [2.75, 3.05) is 27.7 Å². The van der Waals surface area contributed by atoms with Crippen LogP contribution in [0.2, 0.25) is 0 Å². The van der Waals surface area contributed by atoms with Gasteiger partial charge in [-0.15, -0.1) is 0 Å². The van der Waals surface area contributed by atoms with Crippen LogP contribution in [-0.4, -0.2) is 54.0 Å². The molecule has 0 spiro atoms.